The predicted molar refractivity (Wildman–Crippen MR) is 73.3 cm³/mol. The molecule has 0 amide bonds. The number of rotatable bonds is 5. The second-order valence-corrected chi connectivity index (χ2v) is 4.12. The SMILES string of the molecule is O=C(O)/C=C/c1cccn1Cc1ccccc1[N+](=O)[O-]. The van der Waals surface area contributed by atoms with E-state index in [4.69, 9.17) is 5.11 Å². The van der Waals surface area contributed by atoms with Crippen LogP contribution >= 0.6 is 0 Å². The first-order valence-corrected chi connectivity index (χ1v) is 5.86. The topological polar surface area (TPSA) is 85.4 Å². The lowest BCUT2D eigenvalue weighted by Crippen LogP contribution is -2.03. The number of nitro groups is 1. The zero-order valence-electron chi connectivity index (χ0n) is 10.5. The van der Waals surface area contributed by atoms with Crippen LogP contribution in [0.25, 0.3) is 6.08 Å². The van der Waals surface area contributed by atoms with Gasteiger partial charge in [0.05, 0.1) is 11.5 Å². The van der Waals surface area contributed by atoms with Crippen LogP contribution in [-0.2, 0) is 11.3 Å². The number of aliphatic carboxylic acids is 1. The first-order valence-electron chi connectivity index (χ1n) is 5.86. The number of carboxylic acid groups (broad SMARTS) is 1. The minimum absolute atomic E-state index is 0.0503. The van der Waals surface area contributed by atoms with Crippen LogP contribution in [0.1, 0.15) is 11.3 Å². The molecule has 102 valence electrons. The van der Waals surface area contributed by atoms with Gasteiger partial charge in [-0.25, -0.2) is 4.79 Å². The van der Waals surface area contributed by atoms with Crippen molar-refractivity contribution in [1.29, 1.82) is 0 Å². The summed E-state index contributed by atoms with van der Waals surface area (Å²) in [6, 6.07) is 9.99. The second kappa shape index (κ2) is 5.83. The predicted octanol–water partition coefficient (Wildman–Crippen LogP) is 2.54. The number of hydrogen-bond acceptors (Lipinski definition) is 3. The van der Waals surface area contributed by atoms with E-state index in [2.05, 4.69) is 0 Å². The van der Waals surface area contributed by atoms with E-state index in [9.17, 15) is 14.9 Å². The van der Waals surface area contributed by atoms with Crippen LogP contribution in [0.5, 0.6) is 0 Å². The van der Waals surface area contributed by atoms with Gasteiger partial charge in [-0.1, -0.05) is 18.2 Å². The van der Waals surface area contributed by atoms with Crippen LogP contribution in [0.15, 0.2) is 48.7 Å². The number of nitrogens with zero attached hydrogens (tertiary/aromatic N) is 2. The largest absolute Gasteiger partial charge is 0.478 e. The summed E-state index contributed by atoms with van der Waals surface area (Å²) in [6.07, 6.45) is 4.24. The van der Waals surface area contributed by atoms with Gasteiger partial charge < -0.3 is 9.67 Å². The minimum Gasteiger partial charge on any atom is -0.478 e. The highest BCUT2D eigenvalue weighted by Crippen LogP contribution is 2.20. The molecule has 1 aromatic carbocycles. The van der Waals surface area contributed by atoms with Gasteiger partial charge in [0.1, 0.15) is 0 Å². The van der Waals surface area contributed by atoms with E-state index in [1.807, 2.05) is 0 Å². The van der Waals surface area contributed by atoms with Crippen molar-refractivity contribution in [1.82, 2.24) is 4.57 Å². The molecule has 0 fully saturated rings. The van der Waals surface area contributed by atoms with Gasteiger partial charge in [0.25, 0.3) is 5.69 Å². The highest BCUT2D eigenvalue weighted by Gasteiger charge is 2.12. The summed E-state index contributed by atoms with van der Waals surface area (Å²) in [5.41, 5.74) is 1.29. The van der Waals surface area contributed by atoms with Crippen LogP contribution in [0.3, 0.4) is 0 Å². The fraction of sp³-hybridized carbons (Fsp3) is 0.0714. The van der Waals surface area contributed by atoms with Crippen molar-refractivity contribution in [2.24, 2.45) is 0 Å². The van der Waals surface area contributed by atoms with Crippen molar-refractivity contribution in [2.75, 3.05) is 0 Å². The third-order valence-electron chi connectivity index (χ3n) is 2.79. The first kappa shape index (κ1) is 13.5. The molecule has 0 saturated carbocycles. The van der Waals surface area contributed by atoms with Crippen LogP contribution in [0.4, 0.5) is 5.69 Å². The van der Waals surface area contributed by atoms with Gasteiger partial charge in [-0.3, -0.25) is 10.1 Å². The molecule has 0 saturated heterocycles. The lowest BCUT2D eigenvalue weighted by Gasteiger charge is -2.07. The Kier molecular flexibility index (Phi) is 3.95. The lowest BCUT2D eigenvalue weighted by molar-refractivity contribution is -0.385. The second-order valence-electron chi connectivity index (χ2n) is 4.12. The molecule has 0 unspecified atom stereocenters. The maximum atomic E-state index is 11.0. The molecule has 0 atom stereocenters. The van der Waals surface area contributed by atoms with Gasteiger partial charge in [-0.05, 0) is 18.2 Å². The lowest BCUT2D eigenvalue weighted by atomic mass is 10.2. The average molecular weight is 272 g/mol. The molecule has 1 heterocycles. The molecule has 6 nitrogen and oxygen atoms in total. The highest BCUT2D eigenvalue weighted by atomic mass is 16.6. The Morgan fingerprint density at radius 2 is 2.05 bits per heavy atom. The fourth-order valence-electron chi connectivity index (χ4n) is 1.89. The number of carbonyl (C=O) groups is 1. The van der Waals surface area contributed by atoms with E-state index in [1.54, 1.807) is 41.1 Å². The van der Waals surface area contributed by atoms with Crippen LogP contribution in [0.2, 0.25) is 0 Å². The van der Waals surface area contributed by atoms with Gasteiger partial charge in [-0.2, -0.15) is 0 Å². The molecule has 6 heteroatoms. The summed E-state index contributed by atoms with van der Waals surface area (Å²) in [5.74, 6) is -1.04. The zero-order valence-corrected chi connectivity index (χ0v) is 10.5. The van der Waals surface area contributed by atoms with E-state index < -0.39 is 10.9 Å². The number of para-hydroxylation sites is 1. The molecular weight excluding hydrogens is 260 g/mol. The van der Waals surface area contributed by atoms with E-state index in [1.165, 1.54) is 12.1 Å². The smallest absolute Gasteiger partial charge is 0.328 e. The molecule has 0 radical (unpaired) electrons. The summed E-state index contributed by atoms with van der Waals surface area (Å²) in [5, 5.41) is 19.6. The third kappa shape index (κ3) is 3.11. The Hall–Kier alpha value is -2.89. The molecule has 1 aromatic heterocycles. The summed E-state index contributed by atoms with van der Waals surface area (Å²) < 4.78 is 1.75. The third-order valence-corrected chi connectivity index (χ3v) is 2.79. The Bertz CT molecular complexity index is 673. The fourth-order valence-corrected chi connectivity index (χ4v) is 1.89. The molecule has 0 spiro atoms. The Morgan fingerprint density at radius 3 is 2.75 bits per heavy atom. The summed E-state index contributed by atoms with van der Waals surface area (Å²) in [4.78, 5) is 21.1. The molecule has 0 aliphatic carbocycles. The quantitative estimate of drug-likeness (QED) is 0.515. The molecule has 0 aliphatic rings. The van der Waals surface area contributed by atoms with Gasteiger partial charge in [0.15, 0.2) is 0 Å². The standard InChI is InChI=1S/C14H12N2O4/c17-14(18)8-7-12-5-3-9-15(12)10-11-4-1-2-6-13(11)16(19)20/h1-9H,10H2,(H,17,18)/b8-7+. The Morgan fingerprint density at radius 1 is 1.30 bits per heavy atom. The van der Waals surface area contributed by atoms with Gasteiger partial charge in [0, 0.05) is 29.6 Å². The van der Waals surface area contributed by atoms with Crippen molar-refractivity contribution >= 4 is 17.7 Å². The van der Waals surface area contributed by atoms with Crippen molar-refractivity contribution in [2.45, 2.75) is 6.54 Å². The molecule has 2 rings (SSSR count). The number of hydrogen-bond donors (Lipinski definition) is 1. The molecule has 1 N–H and O–H groups in total. The van der Waals surface area contributed by atoms with E-state index >= 15 is 0 Å². The molecule has 2 aromatic rings. The van der Waals surface area contributed by atoms with Crippen molar-refractivity contribution < 1.29 is 14.8 Å². The van der Waals surface area contributed by atoms with E-state index in [0.29, 0.717) is 17.8 Å². The van der Waals surface area contributed by atoms with Gasteiger partial charge >= 0.3 is 5.97 Å². The number of benzene rings is 1. The normalized spacial score (nSPS) is 10.8. The van der Waals surface area contributed by atoms with Crippen molar-refractivity contribution in [3.05, 3.63) is 70.0 Å². The molecule has 0 bridgehead atoms. The molecular formula is C14H12N2O4. The number of aromatic nitrogens is 1. The van der Waals surface area contributed by atoms with E-state index in [0.717, 1.165) is 6.08 Å². The van der Waals surface area contributed by atoms with Crippen LogP contribution < -0.4 is 0 Å². The summed E-state index contributed by atoms with van der Waals surface area (Å²) in [6.45, 7) is 0.309. The average Bonchev–Trinajstić information content (AvgIpc) is 2.84. The van der Waals surface area contributed by atoms with Crippen molar-refractivity contribution in [3.8, 4) is 0 Å². The molecule has 0 aliphatic heterocycles. The summed E-state index contributed by atoms with van der Waals surface area (Å²) >= 11 is 0. The summed E-state index contributed by atoms with van der Waals surface area (Å²) in [7, 11) is 0. The van der Waals surface area contributed by atoms with Crippen LogP contribution in [-0.4, -0.2) is 20.6 Å². The number of nitro benzene ring substituents is 1. The minimum atomic E-state index is -1.04. The van der Waals surface area contributed by atoms with Gasteiger partial charge in [-0.15, -0.1) is 0 Å². The maximum absolute atomic E-state index is 11.0. The molecule has 20 heavy (non-hydrogen) atoms. The van der Waals surface area contributed by atoms with E-state index in [-0.39, 0.29) is 5.69 Å². The Labute approximate surface area is 114 Å². The first-order chi connectivity index (χ1) is 9.58. The maximum Gasteiger partial charge on any atom is 0.328 e. The van der Waals surface area contributed by atoms with Crippen molar-refractivity contribution in [3.63, 3.8) is 0 Å². The Balaban J connectivity index is 2.30. The highest BCUT2D eigenvalue weighted by molar-refractivity contribution is 5.84. The monoisotopic (exact) mass is 272 g/mol. The number of carboxylic acids is 1. The van der Waals surface area contributed by atoms with Crippen LogP contribution in [0, 0.1) is 10.1 Å². The van der Waals surface area contributed by atoms with Gasteiger partial charge in [0.2, 0.25) is 0 Å². The zero-order chi connectivity index (χ0) is 14.5.